The third kappa shape index (κ3) is 4.33. The lowest BCUT2D eigenvalue weighted by Gasteiger charge is -2.19. The van der Waals surface area contributed by atoms with Gasteiger partial charge in [0.1, 0.15) is 5.82 Å². The molecule has 0 radical (unpaired) electrons. The number of nitrogens with zero attached hydrogens (tertiary/aromatic N) is 2. The molecular formula is C24H29N3O. The number of para-hydroxylation sites is 1. The summed E-state index contributed by atoms with van der Waals surface area (Å²) < 4.78 is 1.79. The molecule has 1 heterocycles. The Labute approximate surface area is 167 Å². The number of carbonyl (C=O) groups is 1. The van der Waals surface area contributed by atoms with Crippen LogP contribution in [0, 0.1) is 0 Å². The van der Waals surface area contributed by atoms with Gasteiger partial charge in [-0.25, -0.2) is 4.68 Å². The molecule has 146 valence electrons. The number of amides is 1. The van der Waals surface area contributed by atoms with Gasteiger partial charge < -0.3 is 5.32 Å². The van der Waals surface area contributed by atoms with Crippen molar-refractivity contribution in [3.63, 3.8) is 0 Å². The second-order valence-electron chi connectivity index (χ2n) is 9.19. The van der Waals surface area contributed by atoms with Gasteiger partial charge in [-0.15, -0.1) is 0 Å². The average molecular weight is 376 g/mol. The monoisotopic (exact) mass is 375 g/mol. The molecule has 3 aromatic rings. The highest BCUT2D eigenvalue weighted by atomic mass is 16.1. The number of anilines is 1. The maximum atomic E-state index is 12.9. The average Bonchev–Trinajstić information content (AvgIpc) is 3.06. The lowest BCUT2D eigenvalue weighted by molar-refractivity contribution is 0.102. The van der Waals surface area contributed by atoms with Crippen LogP contribution in [0.3, 0.4) is 0 Å². The normalized spacial score (nSPS) is 12.1. The molecule has 1 amide bonds. The number of hydrogen-bond donors (Lipinski definition) is 1. The van der Waals surface area contributed by atoms with Crippen LogP contribution in [-0.2, 0) is 10.8 Å². The van der Waals surface area contributed by atoms with Crippen LogP contribution in [0.25, 0.3) is 5.69 Å². The zero-order valence-corrected chi connectivity index (χ0v) is 17.6. The molecule has 4 nitrogen and oxygen atoms in total. The van der Waals surface area contributed by atoms with E-state index in [1.807, 2.05) is 60.7 Å². The van der Waals surface area contributed by atoms with Crippen LogP contribution in [-0.4, -0.2) is 15.7 Å². The molecular weight excluding hydrogens is 346 g/mol. The number of benzene rings is 2. The van der Waals surface area contributed by atoms with Gasteiger partial charge in [-0.1, -0.05) is 71.9 Å². The molecule has 0 aliphatic carbocycles. The molecule has 0 bridgehead atoms. The topological polar surface area (TPSA) is 46.9 Å². The van der Waals surface area contributed by atoms with Crippen LogP contribution in [0.5, 0.6) is 0 Å². The maximum absolute atomic E-state index is 12.9. The summed E-state index contributed by atoms with van der Waals surface area (Å²) in [6.07, 6.45) is 0. The molecule has 1 N–H and O–H groups in total. The molecule has 0 saturated carbocycles. The Balaban J connectivity index is 1.93. The van der Waals surface area contributed by atoms with E-state index in [0.717, 1.165) is 11.4 Å². The highest BCUT2D eigenvalue weighted by molar-refractivity contribution is 6.04. The molecule has 4 heteroatoms. The predicted octanol–water partition coefficient (Wildman–Crippen LogP) is 5.72. The molecule has 0 aliphatic rings. The van der Waals surface area contributed by atoms with Gasteiger partial charge in [-0.2, -0.15) is 5.10 Å². The summed E-state index contributed by atoms with van der Waals surface area (Å²) in [7, 11) is 0. The Hall–Kier alpha value is -2.88. The van der Waals surface area contributed by atoms with Gasteiger partial charge in [0.2, 0.25) is 0 Å². The van der Waals surface area contributed by atoms with E-state index >= 15 is 0 Å². The number of carbonyl (C=O) groups excluding carboxylic acids is 1. The molecule has 0 aliphatic heterocycles. The van der Waals surface area contributed by atoms with Crippen molar-refractivity contribution in [2.75, 3.05) is 5.32 Å². The van der Waals surface area contributed by atoms with E-state index < -0.39 is 0 Å². The first-order chi connectivity index (χ1) is 13.1. The predicted molar refractivity (Wildman–Crippen MR) is 115 cm³/mol. The Bertz CT molecular complexity index is 956. The fraction of sp³-hybridized carbons (Fsp3) is 0.333. The van der Waals surface area contributed by atoms with Crippen molar-refractivity contribution in [1.29, 1.82) is 0 Å². The van der Waals surface area contributed by atoms with Crippen molar-refractivity contribution in [2.24, 2.45) is 0 Å². The smallest absolute Gasteiger partial charge is 0.256 e. The van der Waals surface area contributed by atoms with E-state index in [-0.39, 0.29) is 16.7 Å². The summed E-state index contributed by atoms with van der Waals surface area (Å²) >= 11 is 0. The van der Waals surface area contributed by atoms with E-state index in [0.29, 0.717) is 11.4 Å². The summed E-state index contributed by atoms with van der Waals surface area (Å²) in [5.41, 5.74) is 3.61. The number of hydrogen-bond acceptors (Lipinski definition) is 2. The Morgan fingerprint density at radius 2 is 1.46 bits per heavy atom. The first-order valence-corrected chi connectivity index (χ1v) is 9.63. The summed E-state index contributed by atoms with van der Waals surface area (Å²) in [6.45, 7) is 12.8. The van der Waals surface area contributed by atoms with Crippen molar-refractivity contribution in [3.05, 3.63) is 77.5 Å². The molecule has 0 spiro atoms. The second kappa shape index (κ2) is 7.27. The van der Waals surface area contributed by atoms with Gasteiger partial charge >= 0.3 is 0 Å². The minimum atomic E-state index is -0.141. The van der Waals surface area contributed by atoms with E-state index in [1.165, 1.54) is 5.56 Å². The SMILES string of the molecule is CC(C)(C)c1ccc(C(=O)Nc2cc(C(C)(C)C)nn2-c2ccccc2)cc1. The third-order valence-corrected chi connectivity index (χ3v) is 4.73. The molecule has 3 rings (SSSR count). The van der Waals surface area contributed by atoms with Gasteiger partial charge in [-0.3, -0.25) is 4.79 Å². The molecule has 0 saturated heterocycles. The Kier molecular flexibility index (Phi) is 5.16. The third-order valence-electron chi connectivity index (χ3n) is 4.73. The van der Waals surface area contributed by atoms with Gasteiger partial charge in [0.25, 0.3) is 5.91 Å². The van der Waals surface area contributed by atoms with Crippen molar-refractivity contribution in [3.8, 4) is 5.69 Å². The molecule has 0 atom stereocenters. The molecule has 0 fully saturated rings. The van der Waals surface area contributed by atoms with E-state index in [4.69, 9.17) is 5.10 Å². The molecule has 0 unspecified atom stereocenters. The highest BCUT2D eigenvalue weighted by Crippen LogP contribution is 2.27. The van der Waals surface area contributed by atoms with Crippen LogP contribution in [0.15, 0.2) is 60.7 Å². The van der Waals surface area contributed by atoms with Crippen LogP contribution in [0.4, 0.5) is 5.82 Å². The summed E-state index contributed by atoms with van der Waals surface area (Å²) in [5, 5.41) is 7.78. The van der Waals surface area contributed by atoms with Crippen molar-refractivity contribution in [2.45, 2.75) is 52.4 Å². The largest absolute Gasteiger partial charge is 0.306 e. The first kappa shape index (κ1) is 19.9. The lowest BCUT2D eigenvalue weighted by atomic mass is 9.87. The summed E-state index contributed by atoms with van der Waals surface area (Å²) in [4.78, 5) is 12.9. The van der Waals surface area contributed by atoms with Crippen LogP contribution in [0.2, 0.25) is 0 Å². The quantitative estimate of drug-likeness (QED) is 0.636. The van der Waals surface area contributed by atoms with Crippen LogP contribution in [0.1, 0.15) is 63.2 Å². The standard InChI is InChI=1S/C24H29N3O/c1-23(2,3)18-14-12-17(13-15-18)22(28)25-21-16-20(24(4,5)6)26-27(21)19-10-8-7-9-11-19/h7-16H,1-6H3,(H,25,28). The summed E-state index contributed by atoms with van der Waals surface area (Å²) in [5.74, 6) is 0.527. The minimum absolute atomic E-state index is 0.0581. The van der Waals surface area contributed by atoms with Crippen molar-refractivity contribution in [1.82, 2.24) is 9.78 Å². The molecule has 28 heavy (non-hydrogen) atoms. The van der Waals surface area contributed by atoms with Crippen LogP contribution < -0.4 is 5.32 Å². The highest BCUT2D eigenvalue weighted by Gasteiger charge is 2.22. The van der Waals surface area contributed by atoms with E-state index in [1.54, 1.807) is 4.68 Å². The molecule has 2 aromatic carbocycles. The number of aromatic nitrogens is 2. The Morgan fingerprint density at radius 1 is 0.857 bits per heavy atom. The Morgan fingerprint density at radius 3 is 2.00 bits per heavy atom. The van der Waals surface area contributed by atoms with E-state index in [2.05, 4.69) is 46.9 Å². The molecule has 1 aromatic heterocycles. The fourth-order valence-corrected chi connectivity index (χ4v) is 2.91. The number of nitrogens with one attached hydrogen (secondary N) is 1. The zero-order valence-electron chi connectivity index (χ0n) is 17.6. The van der Waals surface area contributed by atoms with Crippen molar-refractivity contribution < 1.29 is 4.79 Å². The van der Waals surface area contributed by atoms with Gasteiger partial charge in [0.05, 0.1) is 11.4 Å². The first-order valence-electron chi connectivity index (χ1n) is 9.63. The number of rotatable bonds is 3. The lowest BCUT2D eigenvalue weighted by Crippen LogP contribution is -2.16. The van der Waals surface area contributed by atoms with Crippen molar-refractivity contribution >= 4 is 11.7 Å². The van der Waals surface area contributed by atoms with Gasteiger partial charge in [-0.05, 0) is 35.2 Å². The van der Waals surface area contributed by atoms with Gasteiger partial charge in [0.15, 0.2) is 0 Å². The summed E-state index contributed by atoms with van der Waals surface area (Å²) in [6, 6.07) is 19.6. The second-order valence-corrected chi connectivity index (χ2v) is 9.19. The van der Waals surface area contributed by atoms with E-state index in [9.17, 15) is 4.79 Å². The zero-order chi connectivity index (χ0) is 20.5. The fourth-order valence-electron chi connectivity index (χ4n) is 2.91. The van der Waals surface area contributed by atoms with Gasteiger partial charge in [0, 0.05) is 17.0 Å². The van der Waals surface area contributed by atoms with Crippen LogP contribution >= 0.6 is 0 Å². The minimum Gasteiger partial charge on any atom is -0.306 e. The maximum Gasteiger partial charge on any atom is 0.256 e.